The minimum Gasteiger partial charge on any atom is -0.389 e. The van der Waals surface area contributed by atoms with Crippen molar-refractivity contribution in [2.24, 2.45) is 0 Å². The lowest BCUT2D eigenvalue weighted by molar-refractivity contribution is -0.127. The zero-order chi connectivity index (χ0) is 8.72. The summed E-state index contributed by atoms with van der Waals surface area (Å²) in [7, 11) is 0. The lowest BCUT2D eigenvalue weighted by atomic mass is 9.94. The summed E-state index contributed by atoms with van der Waals surface area (Å²) in [5.41, 5.74) is 0. The summed E-state index contributed by atoms with van der Waals surface area (Å²) in [6.07, 6.45) is -0.513. The predicted octanol–water partition coefficient (Wildman–Crippen LogP) is -1.45. The molecule has 2 heterocycles. The van der Waals surface area contributed by atoms with Gasteiger partial charge in [0.25, 0.3) is 0 Å². The molecule has 2 saturated heterocycles. The highest BCUT2D eigenvalue weighted by Crippen LogP contribution is 2.27. The van der Waals surface area contributed by atoms with Crippen molar-refractivity contribution in [3.05, 3.63) is 0 Å². The molecule has 4 nitrogen and oxygen atoms in total. The standard InChI is InChI=1S/C8H15NO3/c10-6-4-9-3-1-2-5(9)7(11)8(6)12/h5-8,10-12H,1-4H2/t5-,6+,7-,8+/m1/s1. The van der Waals surface area contributed by atoms with Crippen LogP contribution in [0.2, 0.25) is 0 Å². The highest BCUT2D eigenvalue weighted by atomic mass is 16.4. The Morgan fingerprint density at radius 3 is 2.58 bits per heavy atom. The molecule has 0 amide bonds. The minimum absolute atomic E-state index is 0.0726. The zero-order valence-corrected chi connectivity index (χ0v) is 6.93. The molecule has 2 aliphatic heterocycles. The van der Waals surface area contributed by atoms with Gasteiger partial charge in [0.05, 0.1) is 12.2 Å². The molecular weight excluding hydrogens is 158 g/mol. The molecule has 2 fully saturated rings. The van der Waals surface area contributed by atoms with E-state index in [4.69, 9.17) is 0 Å². The summed E-state index contributed by atoms with van der Waals surface area (Å²) in [5, 5.41) is 28.3. The Kier molecular flexibility index (Phi) is 2.08. The molecule has 0 aliphatic carbocycles. The van der Waals surface area contributed by atoms with Gasteiger partial charge in [-0.05, 0) is 19.4 Å². The van der Waals surface area contributed by atoms with Crippen LogP contribution in [0.4, 0.5) is 0 Å². The van der Waals surface area contributed by atoms with Crippen LogP contribution in [-0.2, 0) is 0 Å². The van der Waals surface area contributed by atoms with Crippen LogP contribution in [0.1, 0.15) is 12.8 Å². The maximum absolute atomic E-state index is 9.57. The second kappa shape index (κ2) is 2.96. The fourth-order valence-corrected chi connectivity index (χ4v) is 2.27. The molecule has 0 bridgehead atoms. The smallest absolute Gasteiger partial charge is 0.108 e. The first-order chi connectivity index (χ1) is 5.70. The van der Waals surface area contributed by atoms with Crippen molar-refractivity contribution < 1.29 is 15.3 Å². The molecule has 0 unspecified atom stereocenters. The van der Waals surface area contributed by atoms with Gasteiger partial charge in [-0.1, -0.05) is 0 Å². The maximum Gasteiger partial charge on any atom is 0.108 e. The van der Waals surface area contributed by atoms with Gasteiger partial charge < -0.3 is 15.3 Å². The third-order valence-corrected chi connectivity index (χ3v) is 2.97. The van der Waals surface area contributed by atoms with Gasteiger partial charge in [0.15, 0.2) is 0 Å². The van der Waals surface area contributed by atoms with Gasteiger partial charge in [0, 0.05) is 12.6 Å². The van der Waals surface area contributed by atoms with Crippen LogP contribution in [0.5, 0.6) is 0 Å². The summed E-state index contributed by atoms with van der Waals surface area (Å²) < 4.78 is 0. The number of aliphatic hydroxyl groups is 3. The first-order valence-corrected chi connectivity index (χ1v) is 4.48. The van der Waals surface area contributed by atoms with Crippen molar-refractivity contribution in [2.45, 2.75) is 37.2 Å². The van der Waals surface area contributed by atoms with E-state index in [-0.39, 0.29) is 6.04 Å². The lowest BCUT2D eigenvalue weighted by Gasteiger charge is -2.39. The second-order valence-corrected chi connectivity index (χ2v) is 3.75. The number of rotatable bonds is 0. The summed E-state index contributed by atoms with van der Waals surface area (Å²) in [4.78, 5) is 2.06. The van der Waals surface area contributed by atoms with Crippen molar-refractivity contribution in [1.29, 1.82) is 0 Å². The van der Waals surface area contributed by atoms with E-state index >= 15 is 0 Å². The molecule has 0 saturated carbocycles. The van der Waals surface area contributed by atoms with Gasteiger partial charge in [0.1, 0.15) is 6.10 Å². The normalized spacial score (nSPS) is 49.2. The van der Waals surface area contributed by atoms with Crippen LogP contribution in [0, 0.1) is 0 Å². The fourth-order valence-electron chi connectivity index (χ4n) is 2.27. The summed E-state index contributed by atoms with van der Waals surface area (Å²) in [5.74, 6) is 0. The van der Waals surface area contributed by atoms with E-state index in [1.165, 1.54) is 0 Å². The quantitative estimate of drug-likeness (QED) is 0.419. The van der Waals surface area contributed by atoms with Gasteiger partial charge in [-0.3, -0.25) is 4.90 Å². The van der Waals surface area contributed by atoms with Gasteiger partial charge in [0.2, 0.25) is 0 Å². The number of nitrogens with zero attached hydrogens (tertiary/aromatic N) is 1. The Morgan fingerprint density at radius 1 is 1.08 bits per heavy atom. The van der Waals surface area contributed by atoms with Crippen LogP contribution < -0.4 is 0 Å². The molecule has 0 radical (unpaired) electrons. The Bertz CT molecular complexity index is 176. The Balaban J connectivity index is 2.10. The monoisotopic (exact) mass is 173 g/mol. The van der Waals surface area contributed by atoms with Gasteiger partial charge in [-0.15, -0.1) is 0 Å². The largest absolute Gasteiger partial charge is 0.389 e. The van der Waals surface area contributed by atoms with E-state index in [9.17, 15) is 15.3 Å². The van der Waals surface area contributed by atoms with Crippen molar-refractivity contribution in [1.82, 2.24) is 4.90 Å². The molecule has 4 heteroatoms. The first kappa shape index (κ1) is 8.44. The molecule has 2 aliphatic rings. The number of hydrogen-bond donors (Lipinski definition) is 3. The van der Waals surface area contributed by atoms with E-state index in [0.29, 0.717) is 6.54 Å². The molecule has 12 heavy (non-hydrogen) atoms. The van der Waals surface area contributed by atoms with Crippen LogP contribution in [0.25, 0.3) is 0 Å². The van der Waals surface area contributed by atoms with Gasteiger partial charge in [-0.25, -0.2) is 0 Å². The van der Waals surface area contributed by atoms with Gasteiger partial charge >= 0.3 is 0 Å². The average Bonchev–Trinajstić information content (AvgIpc) is 2.48. The topological polar surface area (TPSA) is 63.9 Å². The maximum atomic E-state index is 9.57. The number of piperidine rings is 1. The van der Waals surface area contributed by atoms with E-state index in [1.807, 2.05) is 0 Å². The third kappa shape index (κ3) is 1.15. The molecular formula is C8H15NO3. The highest BCUT2D eigenvalue weighted by Gasteiger charge is 2.42. The number of aliphatic hydroxyl groups excluding tert-OH is 3. The van der Waals surface area contributed by atoms with Crippen molar-refractivity contribution in [3.8, 4) is 0 Å². The third-order valence-electron chi connectivity index (χ3n) is 2.97. The lowest BCUT2D eigenvalue weighted by Crippen LogP contribution is -2.58. The first-order valence-electron chi connectivity index (χ1n) is 4.48. The van der Waals surface area contributed by atoms with Crippen LogP contribution >= 0.6 is 0 Å². The van der Waals surface area contributed by atoms with Crippen LogP contribution in [-0.4, -0.2) is 57.7 Å². The zero-order valence-electron chi connectivity index (χ0n) is 6.93. The molecule has 0 aromatic carbocycles. The number of fused-ring (bicyclic) bond motifs is 1. The van der Waals surface area contributed by atoms with E-state index < -0.39 is 18.3 Å². The molecule has 2 rings (SSSR count). The number of hydrogen-bond acceptors (Lipinski definition) is 4. The second-order valence-electron chi connectivity index (χ2n) is 3.75. The summed E-state index contributed by atoms with van der Waals surface area (Å²) in [6, 6.07) is 0.0726. The predicted molar refractivity (Wildman–Crippen MR) is 42.6 cm³/mol. The molecule has 0 aromatic rings. The molecule has 0 aromatic heterocycles. The molecule has 3 N–H and O–H groups in total. The average molecular weight is 173 g/mol. The highest BCUT2D eigenvalue weighted by molar-refractivity contribution is 4.97. The Labute approximate surface area is 71.4 Å². The van der Waals surface area contributed by atoms with Crippen molar-refractivity contribution in [2.75, 3.05) is 13.1 Å². The summed E-state index contributed by atoms with van der Waals surface area (Å²) >= 11 is 0. The van der Waals surface area contributed by atoms with E-state index in [2.05, 4.69) is 4.90 Å². The molecule has 0 spiro atoms. The molecule has 4 atom stereocenters. The molecule has 70 valence electrons. The van der Waals surface area contributed by atoms with E-state index in [0.717, 1.165) is 19.4 Å². The Hall–Kier alpha value is -0.160. The van der Waals surface area contributed by atoms with Crippen molar-refractivity contribution >= 4 is 0 Å². The Morgan fingerprint density at radius 2 is 1.83 bits per heavy atom. The van der Waals surface area contributed by atoms with Crippen LogP contribution in [0.15, 0.2) is 0 Å². The van der Waals surface area contributed by atoms with E-state index in [1.54, 1.807) is 0 Å². The van der Waals surface area contributed by atoms with Crippen LogP contribution in [0.3, 0.4) is 0 Å². The summed E-state index contributed by atoms with van der Waals surface area (Å²) in [6.45, 7) is 1.44. The van der Waals surface area contributed by atoms with Crippen molar-refractivity contribution in [3.63, 3.8) is 0 Å². The van der Waals surface area contributed by atoms with Gasteiger partial charge in [-0.2, -0.15) is 0 Å². The SMILES string of the molecule is O[C@@H]1[C@H](O)[C@H]2CCCN2C[C@@H]1O. The fraction of sp³-hybridized carbons (Fsp3) is 1.00. The minimum atomic E-state index is -0.954.